The van der Waals surface area contributed by atoms with E-state index in [0.717, 1.165) is 6.42 Å². The number of rotatable bonds is 6. The second-order valence-corrected chi connectivity index (χ2v) is 5.11. The summed E-state index contributed by atoms with van der Waals surface area (Å²) in [6, 6.07) is 5.65. The van der Waals surface area contributed by atoms with Gasteiger partial charge in [-0.25, -0.2) is 4.39 Å². The second-order valence-electron chi connectivity index (χ2n) is 5.11. The number of hydrogen-bond acceptors (Lipinski definition) is 3. The maximum absolute atomic E-state index is 13.8. The molecule has 0 bridgehead atoms. The van der Waals surface area contributed by atoms with Crippen molar-refractivity contribution in [1.82, 2.24) is 4.90 Å². The first kappa shape index (κ1) is 15.4. The zero-order chi connectivity index (χ0) is 15.4. The lowest BCUT2D eigenvalue weighted by Crippen LogP contribution is -2.44. The van der Waals surface area contributed by atoms with Gasteiger partial charge in [-0.2, -0.15) is 0 Å². The van der Waals surface area contributed by atoms with Crippen molar-refractivity contribution < 1.29 is 19.1 Å². The Labute approximate surface area is 123 Å². The highest BCUT2D eigenvalue weighted by Gasteiger charge is 2.37. The summed E-state index contributed by atoms with van der Waals surface area (Å²) in [7, 11) is 0. The predicted octanol–water partition coefficient (Wildman–Crippen LogP) is 1.73. The van der Waals surface area contributed by atoms with E-state index in [1.165, 1.54) is 11.0 Å². The number of carboxylic acids is 1. The van der Waals surface area contributed by atoms with Crippen LogP contribution in [0.15, 0.2) is 24.3 Å². The highest BCUT2D eigenvalue weighted by Crippen LogP contribution is 2.26. The molecule has 1 saturated heterocycles. The lowest BCUT2D eigenvalue weighted by molar-refractivity contribution is -0.139. The molecule has 1 amide bonds. The lowest BCUT2D eigenvalue weighted by Gasteiger charge is -2.26. The summed E-state index contributed by atoms with van der Waals surface area (Å²) in [4.78, 5) is 26.5. The number of hydrogen-bond donors (Lipinski definition) is 1. The second kappa shape index (κ2) is 6.67. The Morgan fingerprint density at radius 2 is 2.19 bits per heavy atom. The number of para-hydroxylation sites is 1. The SMILES string of the molecule is CCCN(CC(=O)O)C1CCN(c2ccccc2F)C1=O. The fourth-order valence-corrected chi connectivity index (χ4v) is 2.72. The normalized spacial score (nSPS) is 18.5. The van der Waals surface area contributed by atoms with E-state index in [0.29, 0.717) is 19.5 Å². The molecule has 1 aromatic carbocycles. The van der Waals surface area contributed by atoms with Crippen LogP contribution < -0.4 is 4.90 Å². The van der Waals surface area contributed by atoms with Gasteiger partial charge in [-0.3, -0.25) is 14.5 Å². The van der Waals surface area contributed by atoms with Crippen LogP contribution in [-0.4, -0.2) is 47.6 Å². The summed E-state index contributed by atoms with van der Waals surface area (Å²) < 4.78 is 13.8. The van der Waals surface area contributed by atoms with Crippen molar-refractivity contribution in [3.05, 3.63) is 30.1 Å². The van der Waals surface area contributed by atoms with Crippen LogP contribution in [-0.2, 0) is 9.59 Å². The number of anilines is 1. The monoisotopic (exact) mass is 294 g/mol. The molecule has 0 radical (unpaired) electrons. The smallest absolute Gasteiger partial charge is 0.317 e. The van der Waals surface area contributed by atoms with E-state index in [4.69, 9.17) is 5.11 Å². The summed E-state index contributed by atoms with van der Waals surface area (Å²) in [5.74, 6) is -1.62. The largest absolute Gasteiger partial charge is 0.480 e. The molecule has 1 unspecified atom stereocenters. The number of nitrogens with zero attached hydrogens (tertiary/aromatic N) is 2. The molecule has 1 aliphatic rings. The number of benzene rings is 1. The minimum Gasteiger partial charge on any atom is -0.480 e. The molecule has 1 atom stereocenters. The van der Waals surface area contributed by atoms with Gasteiger partial charge >= 0.3 is 5.97 Å². The highest BCUT2D eigenvalue weighted by atomic mass is 19.1. The van der Waals surface area contributed by atoms with Gasteiger partial charge in [0.25, 0.3) is 0 Å². The van der Waals surface area contributed by atoms with Gasteiger partial charge in [-0.05, 0) is 31.5 Å². The Morgan fingerprint density at radius 1 is 1.48 bits per heavy atom. The summed E-state index contributed by atoms with van der Waals surface area (Å²) in [6.07, 6.45) is 1.28. The summed E-state index contributed by atoms with van der Waals surface area (Å²) in [5, 5.41) is 8.96. The van der Waals surface area contributed by atoms with Crippen LogP contribution >= 0.6 is 0 Å². The van der Waals surface area contributed by atoms with Gasteiger partial charge in [0.05, 0.1) is 18.3 Å². The van der Waals surface area contributed by atoms with Crippen molar-refractivity contribution in [2.45, 2.75) is 25.8 Å². The topological polar surface area (TPSA) is 60.9 Å². The number of halogens is 1. The average molecular weight is 294 g/mol. The average Bonchev–Trinajstić information content (AvgIpc) is 2.80. The molecule has 0 spiro atoms. The van der Waals surface area contributed by atoms with Crippen molar-refractivity contribution in [2.24, 2.45) is 0 Å². The highest BCUT2D eigenvalue weighted by molar-refractivity contribution is 5.99. The number of amides is 1. The predicted molar refractivity (Wildman–Crippen MR) is 76.7 cm³/mol. The van der Waals surface area contributed by atoms with Crippen molar-refractivity contribution >= 4 is 17.6 Å². The molecule has 1 heterocycles. The fourth-order valence-electron chi connectivity index (χ4n) is 2.72. The van der Waals surface area contributed by atoms with Crippen molar-refractivity contribution in [2.75, 3.05) is 24.5 Å². The third-order valence-corrected chi connectivity index (χ3v) is 3.61. The van der Waals surface area contributed by atoms with Crippen LogP contribution in [0, 0.1) is 5.82 Å². The number of carboxylic acid groups (broad SMARTS) is 1. The van der Waals surface area contributed by atoms with Gasteiger partial charge < -0.3 is 10.0 Å². The van der Waals surface area contributed by atoms with Gasteiger partial charge in [-0.1, -0.05) is 19.1 Å². The lowest BCUT2D eigenvalue weighted by atomic mass is 10.2. The minimum absolute atomic E-state index is 0.171. The molecule has 1 N–H and O–H groups in total. The molecule has 5 nitrogen and oxygen atoms in total. The first-order chi connectivity index (χ1) is 10.0. The first-order valence-electron chi connectivity index (χ1n) is 7.06. The molecule has 2 rings (SSSR count). The third-order valence-electron chi connectivity index (χ3n) is 3.61. The Balaban J connectivity index is 2.16. The Kier molecular flexibility index (Phi) is 4.90. The maximum Gasteiger partial charge on any atom is 0.317 e. The zero-order valence-electron chi connectivity index (χ0n) is 12.0. The van der Waals surface area contributed by atoms with E-state index >= 15 is 0 Å². The first-order valence-corrected chi connectivity index (χ1v) is 7.06. The van der Waals surface area contributed by atoms with Gasteiger partial charge in [0.15, 0.2) is 0 Å². The zero-order valence-corrected chi connectivity index (χ0v) is 12.0. The van der Waals surface area contributed by atoms with Gasteiger partial charge in [0.1, 0.15) is 5.82 Å². The summed E-state index contributed by atoms with van der Waals surface area (Å²) in [5.41, 5.74) is 0.261. The number of carbonyl (C=O) groups excluding carboxylic acids is 1. The van der Waals surface area contributed by atoms with Crippen LogP contribution in [0.4, 0.5) is 10.1 Å². The number of aliphatic carboxylic acids is 1. The molecule has 21 heavy (non-hydrogen) atoms. The Bertz CT molecular complexity index is 535. The van der Waals surface area contributed by atoms with E-state index in [1.807, 2.05) is 6.92 Å². The van der Waals surface area contributed by atoms with E-state index in [-0.39, 0.29) is 18.1 Å². The van der Waals surface area contributed by atoms with Crippen LogP contribution in [0.25, 0.3) is 0 Å². The molecule has 0 saturated carbocycles. The van der Waals surface area contributed by atoms with Crippen molar-refractivity contribution in [3.8, 4) is 0 Å². The molecule has 1 aliphatic heterocycles. The molecular weight excluding hydrogens is 275 g/mol. The van der Waals surface area contributed by atoms with Crippen molar-refractivity contribution in [3.63, 3.8) is 0 Å². The summed E-state index contributed by atoms with van der Waals surface area (Å²) >= 11 is 0. The van der Waals surface area contributed by atoms with Crippen LogP contribution in [0.2, 0.25) is 0 Å². The maximum atomic E-state index is 13.8. The molecule has 0 aromatic heterocycles. The van der Waals surface area contributed by atoms with Gasteiger partial charge in [0, 0.05) is 6.54 Å². The van der Waals surface area contributed by atoms with E-state index in [2.05, 4.69) is 0 Å². The fraction of sp³-hybridized carbons (Fsp3) is 0.467. The van der Waals surface area contributed by atoms with Crippen molar-refractivity contribution in [1.29, 1.82) is 0 Å². The molecule has 114 valence electrons. The molecule has 0 aliphatic carbocycles. The van der Waals surface area contributed by atoms with E-state index in [9.17, 15) is 14.0 Å². The van der Waals surface area contributed by atoms with Gasteiger partial charge in [0.2, 0.25) is 5.91 Å². The van der Waals surface area contributed by atoms with Crippen LogP contribution in [0.1, 0.15) is 19.8 Å². The molecule has 1 fully saturated rings. The van der Waals surface area contributed by atoms with Crippen LogP contribution in [0.3, 0.4) is 0 Å². The number of carbonyl (C=O) groups is 2. The molecule has 1 aromatic rings. The van der Waals surface area contributed by atoms with Crippen LogP contribution in [0.5, 0.6) is 0 Å². The molecular formula is C15H19FN2O3. The third kappa shape index (κ3) is 3.39. The standard InChI is InChI=1S/C15H19FN2O3/c1-2-8-17(10-14(19)20)13-7-9-18(15(13)21)12-6-4-3-5-11(12)16/h3-6,13H,2,7-10H2,1H3,(H,19,20). The van der Waals surface area contributed by atoms with E-state index < -0.39 is 17.8 Å². The molecule has 6 heteroatoms. The van der Waals surface area contributed by atoms with E-state index in [1.54, 1.807) is 23.1 Å². The Hall–Kier alpha value is -1.95. The summed E-state index contributed by atoms with van der Waals surface area (Å²) in [6.45, 7) is 2.70. The quantitative estimate of drug-likeness (QED) is 0.868. The van der Waals surface area contributed by atoms with Gasteiger partial charge in [-0.15, -0.1) is 0 Å². The Morgan fingerprint density at radius 3 is 2.81 bits per heavy atom. The minimum atomic E-state index is -0.958.